The van der Waals surface area contributed by atoms with Crippen molar-refractivity contribution in [2.24, 2.45) is 0 Å². The highest BCUT2D eigenvalue weighted by atomic mass is 32.2. The molecule has 0 radical (unpaired) electrons. The van der Waals surface area contributed by atoms with E-state index in [2.05, 4.69) is 10.2 Å². The quantitative estimate of drug-likeness (QED) is 0.743. The summed E-state index contributed by atoms with van der Waals surface area (Å²) >= 11 is 1.11. The maximum Gasteiger partial charge on any atom is 0.274 e. The number of sulfonamides is 1. The zero-order valence-electron chi connectivity index (χ0n) is 13.7. The topological polar surface area (TPSA) is 92.4 Å². The fourth-order valence-corrected chi connectivity index (χ4v) is 5.70. The van der Waals surface area contributed by atoms with Crippen molar-refractivity contribution < 1.29 is 13.2 Å². The molecule has 0 fully saturated rings. The van der Waals surface area contributed by atoms with E-state index in [0.29, 0.717) is 22.0 Å². The van der Waals surface area contributed by atoms with Gasteiger partial charge in [0.1, 0.15) is 21.8 Å². The summed E-state index contributed by atoms with van der Waals surface area (Å²) in [5, 5.41) is 6.30. The zero-order valence-corrected chi connectivity index (χ0v) is 15.4. The number of rotatable bonds is 3. The number of aromatic nitrogens is 2. The van der Waals surface area contributed by atoms with Gasteiger partial charge in [-0.05, 0) is 37.3 Å². The number of nitrogens with zero attached hydrogens (tertiary/aromatic N) is 2. The number of fused-ring (bicyclic) bond motifs is 1. The third-order valence-electron chi connectivity index (χ3n) is 3.94. The van der Waals surface area contributed by atoms with E-state index < -0.39 is 10.0 Å². The van der Waals surface area contributed by atoms with Crippen molar-refractivity contribution in [2.45, 2.75) is 17.2 Å². The number of H-pyrrole nitrogens is 1. The summed E-state index contributed by atoms with van der Waals surface area (Å²) < 4.78 is 33.7. The minimum Gasteiger partial charge on any atom is -0.487 e. The molecule has 3 heterocycles. The molecule has 1 unspecified atom stereocenters. The Labute approximate surface area is 153 Å². The molecule has 1 atom stereocenters. The number of nitrogens with one attached hydrogen (secondary N) is 1. The lowest BCUT2D eigenvalue weighted by atomic mass is 10.2. The summed E-state index contributed by atoms with van der Waals surface area (Å²) in [6.45, 7) is 2.08. The molecular formula is C17H15N3O4S2. The van der Waals surface area contributed by atoms with Crippen LogP contribution < -0.4 is 14.6 Å². The monoisotopic (exact) mass is 389 g/mol. The molecule has 0 spiro atoms. The van der Waals surface area contributed by atoms with E-state index in [0.717, 1.165) is 11.3 Å². The number of benzene rings is 1. The van der Waals surface area contributed by atoms with Gasteiger partial charge < -0.3 is 4.74 Å². The summed E-state index contributed by atoms with van der Waals surface area (Å²) in [7, 11) is -3.73. The molecule has 134 valence electrons. The van der Waals surface area contributed by atoms with Gasteiger partial charge in [0.25, 0.3) is 15.6 Å². The molecule has 0 saturated heterocycles. The fraction of sp³-hybridized carbons (Fsp3) is 0.176. The van der Waals surface area contributed by atoms with Crippen molar-refractivity contribution in [1.29, 1.82) is 0 Å². The van der Waals surface area contributed by atoms with Crippen molar-refractivity contribution in [3.8, 4) is 16.3 Å². The van der Waals surface area contributed by atoms with Gasteiger partial charge in [-0.2, -0.15) is 5.10 Å². The Hall–Kier alpha value is -2.65. The van der Waals surface area contributed by atoms with Crippen LogP contribution in [-0.2, 0) is 10.0 Å². The maximum absolute atomic E-state index is 13.2. The molecule has 2 aromatic heterocycles. The van der Waals surface area contributed by atoms with Crippen molar-refractivity contribution in [1.82, 2.24) is 10.2 Å². The second-order valence-corrected chi connectivity index (χ2v) is 9.03. The van der Waals surface area contributed by atoms with Crippen LogP contribution in [0.5, 0.6) is 5.75 Å². The molecule has 3 aromatic rings. The number of anilines is 1. The van der Waals surface area contributed by atoms with Crippen LogP contribution in [0.25, 0.3) is 10.6 Å². The number of hydrogen-bond donors (Lipinski definition) is 1. The molecule has 0 aliphatic carbocycles. The van der Waals surface area contributed by atoms with Gasteiger partial charge in [-0.15, -0.1) is 11.3 Å². The smallest absolute Gasteiger partial charge is 0.274 e. The molecule has 1 aromatic carbocycles. The van der Waals surface area contributed by atoms with E-state index in [9.17, 15) is 13.2 Å². The predicted molar refractivity (Wildman–Crippen MR) is 99.2 cm³/mol. The molecule has 1 aliphatic heterocycles. The second kappa shape index (κ2) is 6.26. The standard InChI is InChI=1S/C17H15N3O4S2/c1-11-10-20(13-4-2-3-5-14(13)24-11)26(22,23)17-9-7-15(25-17)12-6-8-16(21)19-18-12/h2-9,11H,10H2,1H3,(H,19,21). The highest BCUT2D eigenvalue weighted by molar-refractivity contribution is 7.94. The van der Waals surface area contributed by atoms with Crippen LogP contribution in [0, 0.1) is 0 Å². The lowest BCUT2D eigenvalue weighted by Crippen LogP contribution is -2.41. The number of para-hydroxylation sites is 2. The Morgan fingerprint density at radius 1 is 1.19 bits per heavy atom. The fourth-order valence-electron chi connectivity index (χ4n) is 2.76. The predicted octanol–water partition coefficient (Wildman–Crippen LogP) is 2.47. The number of ether oxygens (including phenoxy) is 1. The van der Waals surface area contributed by atoms with Crippen molar-refractivity contribution >= 4 is 27.0 Å². The van der Waals surface area contributed by atoms with E-state index in [4.69, 9.17) is 4.74 Å². The summed E-state index contributed by atoms with van der Waals surface area (Å²) in [6.07, 6.45) is -0.250. The number of hydrogen-bond acceptors (Lipinski definition) is 6. The zero-order chi connectivity index (χ0) is 18.3. The first kappa shape index (κ1) is 16.8. The van der Waals surface area contributed by atoms with Crippen LogP contribution in [0.2, 0.25) is 0 Å². The minimum atomic E-state index is -3.73. The lowest BCUT2D eigenvalue weighted by Gasteiger charge is -2.33. The first-order valence-electron chi connectivity index (χ1n) is 7.89. The molecule has 7 nitrogen and oxygen atoms in total. The lowest BCUT2D eigenvalue weighted by molar-refractivity contribution is 0.219. The highest BCUT2D eigenvalue weighted by Gasteiger charge is 2.33. The van der Waals surface area contributed by atoms with Crippen LogP contribution in [0.15, 0.2) is 57.5 Å². The summed E-state index contributed by atoms with van der Waals surface area (Å²) in [4.78, 5) is 11.8. The summed E-state index contributed by atoms with van der Waals surface area (Å²) in [5.41, 5.74) is 0.742. The van der Waals surface area contributed by atoms with Crippen molar-refractivity contribution in [3.05, 3.63) is 58.9 Å². The molecule has 1 N–H and O–H groups in total. The van der Waals surface area contributed by atoms with Gasteiger partial charge in [0.05, 0.1) is 17.1 Å². The van der Waals surface area contributed by atoms with Gasteiger partial charge in [-0.3, -0.25) is 9.10 Å². The highest BCUT2D eigenvalue weighted by Crippen LogP contribution is 2.39. The van der Waals surface area contributed by atoms with Crippen molar-refractivity contribution in [2.75, 3.05) is 10.8 Å². The van der Waals surface area contributed by atoms with Crippen LogP contribution in [0.4, 0.5) is 5.69 Å². The van der Waals surface area contributed by atoms with Crippen LogP contribution in [0.3, 0.4) is 0 Å². The Kier molecular flexibility index (Phi) is 4.04. The van der Waals surface area contributed by atoms with E-state index in [1.54, 1.807) is 36.4 Å². The van der Waals surface area contributed by atoms with Crippen LogP contribution in [-0.4, -0.2) is 31.3 Å². The Bertz CT molecular complexity index is 1100. The van der Waals surface area contributed by atoms with Gasteiger partial charge >= 0.3 is 0 Å². The van der Waals surface area contributed by atoms with Gasteiger partial charge in [-0.1, -0.05) is 12.1 Å². The average molecular weight is 389 g/mol. The van der Waals surface area contributed by atoms with Crippen molar-refractivity contribution in [3.63, 3.8) is 0 Å². The summed E-state index contributed by atoms with van der Waals surface area (Å²) in [5.74, 6) is 0.550. The third-order valence-corrected chi connectivity index (χ3v) is 7.30. The van der Waals surface area contributed by atoms with E-state index in [-0.39, 0.29) is 22.4 Å². The molecule has 0 bridgehead atoms. The minimum absolute atomic E-state index is 0.212. The third kappa shape index (κ3) is 2.89. The molecule has 1 aliphatic rings. The molecule has 4 rings (SSSR count). The molecular weight excluding hydrogens is 374 g/mol. The molecule has 0 amide bonds. The first-order chi connectivity index (χ1) is 12.4. The Balaban J connectivity index is 1.74. The van der Waals surface area contributed by atoms with Gasteiger partial charge in [0.2, 0.25) is 0 Å². The molecule has 9 heteroatoms. The maximum atomic E-state index is 13.2. The Morgan fingerprint density at radius 3 is 2.77 bits per heavy atom. The second-order valence-electron chi connectivity index (χ2n) is 5.86. The average Bonchev–Trinajstić information content (AvgIpc) is 3.12. The largest absolute Gasteiger partial charge is 0.487 e. The van der Waals surface area contributed by atoms with Gasteiger partial charge in [0.15, 0.2) is 0 Å². The molecule has 0 saturated carbocycles. The summed E-state index contributed by atoms with van der Waals surface area (Å²) in [6, 6.07) is 13.3. The van der Waals surface area contributed by atoms with Gasteiger partial charge in [0, 0.05) is 6.07 Å². The van der Waals surface area contributed by atoms with Crippen LogP contribution in [0.1, 0.15) is 6.92 Å². The normalized spacial score (nSPS) is 16.8. The van der Waals surface area contributed by atoms with E-state index in [1.807, 2.05) is 13.0 Å². The number of thiophene rings is 1. The SMILES string of the molecule is CC1CN(S(=O)(=O)c2ccc(-c3ccc(=O)[nH]n3)s2)c2ccccc2O1. The van der Waals surface area contributed by atoms with Gasteiger partial charge in [-0.25, -0.2) is 13.5 Å². The van der Waals surface area contributed by atoms with E-state index in [1.165, 1.54) is 10.4 Å². The van der Waals surface area contributed by atoms with E-state index >= 15 is 0 Å². The Morgan fingerprint density at radius 2 is 2.00 bits per heavy atom. The first-order valence-corrected chi connectivity index (χ1v) is 10.2. The van der Waals surface area contributed by atoms with Crippen LogP contribution >= 0.6 is 11.3 Å². The molecule has 26 heavy (non-hydrogen) atoms. The number of aromatic amines is 1.